The number of nitrogens with one attached hydrogen (secondary N) is 1. The number of nitrogens with zero attached hydrogens (tertiary/aromatic N) is 1. The zero-order valence-corrected chi connectivity index (χ0v) is 13.2. The SMILES string of the molecule is CCCNc1ccc(COCc2cccc(Br)c2)cn1. The van der Waals surface area contributed by atoms with Gasteiger partial charge < -0.3 is 10.1 Å². The second-order valence-corrected chi connectivity index (χ2v) is 5.52. The lowest BCUT2D eigenvalue weighted by Gasteiger charge is -2.07. The Bertz CT molecular complexity index is 528. The molecule has 0 radical (unpaired) electrons. The standard InChI is InChI=1S/C16H19BrN2O/c1-2-8-18-16-7-6-14(10-19-16)12-20-11-13-4-3-5-15(17)9-13/h3-7,9-10H,2,8,11-12H2,1H3,(H,18,19). The highest BCUT2D eigenvalue weighted by molar-refractivity contribution is 9.10. The van der Waals surface area contributed by atoms with Crippen LogP contribution in [-0.2, 0) is 18.0 Å². The summed E-state index contributed by atoms with van der Waals surface area (Å²) in [6.07, 6.45) is 2.96. The maximum absolute atomic E-state index is 5.70. The number of aromatic nitrogens is 1. The molecule has 0 atom stereocenters. The third-order valence-electron chi connectivity index (χ3n) is 2.81. The fraction of sp³-hybridized carbons (Fsp3) is 0.312. The number of hydrogen-bond donors (Lipinski definition) is 1. The van der Waals surface area contributed by atoms with Crippen LogP contribution < -0.4 is 5.32 Å². The number of hydrogen-bond acceptors (Lipinski definition) is 3. The van der Waals surface area contributed by atoms with E-state index in [0.29, 0.717) is 13.2 Å². The number of anilines is 1. The molecule has 1 aromatic carbocycles. The van der Waals surface area contributed by atoms with Crippen LogP contribution in [0.3, 0.4) is 0 Å². The highest BCUT2D eigenvalue weighted by Gasteiger charge is 1.98. The third-order valence-corrected chi connectivity index (χ3v) is 3.30. The molecule has 1 heterocycles. The molecular formula is C16H19BrN2O. The summed E-state index contributed by atoms with van der Waals surface area (Å²) in [5.41, 5.74) is 2.25. The summed E-state index contributed by atoms with van der Waals surface area (Å²) < 4.78 is 6.78. The first-order chi connectivity index (χ1) is 9.78. The molecule has 0 spiro atoms. The van der Waals surface area contributed by atoms with E-state index in [1.807, 2.05) is 30.5 Å². The summed E-state index contributed by atoms with van der Waals surface area (Å²) in [7, 11) is 0. The molecule has 2 aromatic rings. The van der Waals surface area contributed by atoms with E-state index in [1.54, 1.807) is 0 Å². The van der Waals surface area contributed by atoms with E-state index in [2.05, 4.69) is 45.3 Å². The largest absolute Gasteiger partial charge is 0.372 e. The van der Waals surface area contributed by atoms with Crippen molar-refractivity contribution in [3.63, 3.8) is 0 Å². The van der Waals surface area contributed by atoms with E-state index < -0.39 is 0 Å². The van der Waals surface area contributed by atoms with Gasteiger partial charge in [-0.05, 0) is 35.7 Å². The Kier molecular flexibility index (Phi) is 6.02. The average molecular weight is 335 g/mol. The zero-order chi connectivity index (χ0) is 14.2. The molecule has 0 aliphatic heterocycles. The molecule has 1 N–H and O–H groups in total. The lowest BCUT2D eigenvalue weighted by atomic mass is 10.2. The molecular weight excluding hydrogens is 316 g/mol. The number of halogens is 1. The van der Waals surface area contributed by atoms with Crippen LogP contribution in [0.2, 0.25) is 0 Å². The highest BCUT2D eigenvalue weighted by Crippen LogP contribution is 2.13. The van der Waals surface area contributed by atoms with Gasteiger partial charge in [-0.1, -0.05) is 41.1 Å². The first-order valence-electron chi connectivity index (χ1n) is 6.79. The lowest BCUT2D eigenvalue weighted by Crippen LogP contribution is -2.02. The van der Waals surface area contributed by atoms with Crippen molar-refractivity contribution in [2.24, 2.45) is 0 Å². The van der Waals surface area contributed by atoms with Crippen LogP contribution >= 0.6 is 15.9 Å². The van der Waals surface area contributed by atoms with Gasteiger partial charge in [-0.2, -0.15) is 0 Å². The fourth-order valence-corrected chi connectivity index (χ4v) is 2.23. The first-order valence-corrected chi connectivity index (χ1v) is 7.58. The van der Waals surface area contributed by atoms with Crippen LogP contribution in [-0.4, -0.2) is 11.5 Å². The minimum Gasteiger partial charge on any atom is -0.372 e. The van der Waals surface area contributed by atoms with Crippen molar-refractivity contribution in [1.82, 2.24) is 4.98 Å². The van der Waals surface area contributed by atoms with Crippen molar-refractivity contribution in [2.45, 2.75) is 26.6 Å². The number of benzene rings is 1. The smallest absolute Gasteiger partial charge is 0.125 e. The van der Waals surface area contributed by atoms with Gasteiger partial charge in [0.2, 0.25) is 0 Å². The quantitative estimate of drug-likeness (QED) is 0.815. The molecule has 3 nitrogen and oxygen atoms in total. The molecule has 106 valence electrons. The van der Waals surface area contributed by atoms with Crippen LogP contribution in [0.4, 0.5) is 5.82 Å². The van der Waals surface area contributed by atoms with Gasteiger partial charge in [0.05, 0.1) is 13.2 Å². The molecule has 4 heteroatoms. The molecule has 0 saturated heterocycles. The van der Waals surface area contributed by atoms with Crippen molar-refractivity contribution < 1.29 is 4.74 Å². The van der Waals surface area contributed by atoms with E-state index in [9.17, 15) is 0 Å². The zero-order valence-electron chi connectivity index (χ0n) is 11.6. The summed E-state index contributed by atoms with van der Waals surface area (Å²) in [5.74, 6) is 0.919. The summed E-state index contributed by atoms with van der Waals surface area (Å²) in [6.45, 7) is 4.27. The van der Waals surface area contributed by atoms with Gasteiger partial charge in [-0.25, -0.2) is 4.98 Å². The molecule has 1 aromatic heterocycles. The summed E-state index contributed by atoms with van der Waals surface area (Å²) in [4.78, 5) is 4.36. The second kappa shape index (κ2) is 8.02. The molecule has 0 saturated carbocycles. The Hall–Kier alpha value is -1.39. The van der Waals surface area contributed by atoms with E-state index >= 15 is 0 Å². The van der Waals surface area contributed by atoms with Crippen LogP contribution in [0.5, 0.6) is 0 Å². The van der Waals surface area contributed by atoms with Crippen LogP contribution in [0.1, 0.15) is 24.5 Å². The molecule has 0 unspecified atom stereocenters. The predicted octanol–water partition coefficient (Wildman–Crippen LogP) is 4.38. The minimum atomic E-state index is 0.577. The average Bonchev–Trinajstić information content (AvgIpc) is 2.46. The van der Waals surface area contributed by atoms with Crippen molar-refractivity contribution in [3.05, 3.63) is 58.2 Å². The van der Waals surface area contributed by atoms with Crippen molar-refractivity contribution in [2.75, 3.05) is 11.9 Å². The van der Waals surface area contributed by atoms with E-state index in [-0.39, 0.29) is 0 Å². The minimum absolute atomic E-state index is 0.577. The van der Waals surface area contributed by atoms with E-state index in [0.717, 1.165) is 34.4 Å². The van der Waals surface area contributed by atoms with Crippen molar-refractivity contribution in [3.8, 4) is 0 Å². The second-order valence-electron chi connectivity index (χ2n) is 4.60. The Morgan fingerprint density at radius 2 is 2.00 bits per heavy atom. The van der Waals surface area contributed by atoms with Gasteiger partial charge in [0.25, 0.3) is 0 Å². The highest BCUT2D eigenvalue weighted by atomic mass is 79.9. The Balaban J connectivity index is 1.79. The summed E-state index contributed by atoms with van der Waals surface area (Å²) >= 11 is 3.46. The van der Waals surface area contributed by atoms with E-state index in [1.165, 1.54) is 0 Å². The number of ether oxygens (including phenoxy) is 1. The molecule has 0 aliphatic rings. The van der Waals surface area contributed by atoms with Gasteiger partial charge in [-0.15, -0.1) is 0 Å². The van der Waals surface area contributed by atoms with Crippen LogP contribution in [0, 0.1) is 0 Å². The first kappa shape index (κ1) is 15.0. The van der Waals surface area contributed by atoms with Crippen LogP contribution in [0.25, 0.3) is 0 Å². The maximum atomic E-state index is 5.70. The van der Waals surface area contributed by atoms with Crippen LogP contribution in [0.15, 0.2) is 47.1 Å². The summed E-state index contributed by atoms with van der Waals surface area (Å²) in [6, 6.07) is 12.2. The molecule has 20 heavy (non-hydrogen) atoms. The maximum Gasteiger partial charge on any atom is 0.125 e. The van der Waals surface area contributed by atoms with Gasteiger partial charge >= 0.3 is 0 Å². The third kappa shape index (κ3) is 4.94. The van der Waals surface area contributed by atoms with Crippen molar-refractivity contribution in [1.29, 1.82) is 0 Å². The van der Waals surface area contributed by atoms with Gasteiger partial charge in [0, 0.05) is 17.2 Å². The van der Waals surface area contributed by atoms with Crippen molar-refractivity contribution >= 4 is 21.7 Å². The normalized spacial score (nSPS) is 10.5. The number of rotatable bonds is 7. The van der Waals surface area contributed by atoms with Gasteiger partial charge in [0.15, 0.2) is 0 Å². The topological polar surface area (TPSA) is 34.1 Å². The molecule has 0 aliphatic carbocycles. The number of pyridine rings is 1. The fourth-order valence-electron chi connectivity index (χ4n) is 1.78. The lowest BCUT2D eigenvalue weighted by molar-refractivity contribution is 0.107. The Morgan fingerprint density at radius 1 is 1.15 bits per heavy atom. The monoisotopic (exact) mass is 334 g/mol. The van der Waals surface area contributed by atoms with Gasteiger partial charge in [-0.3, -0.25) is 0 Å². The molecule has 0 fully saturated rings. The molecule has 0 amide bonds. The summed E-state index contributed by atoms with van der Waals surface area (Å²) in [5, 5.41) is 3.25. The molecule has 2 rings (SSSR count). The van der Waals surface area contributed by atoms with Gasteiger partial charge in [0.1, 0.15) is 5.82 Å². The Morgan fingerprint density at radius 3 is 2.70 bits per heavy atom. The predicted molar refractivity (Wildman–Crippen MR) is 85.7 cm³/mol. The molecule has 0 bridgehead atoms. The van der Waals surface area contributed by atoms with E-state index in [4.69, 9.17) is 4.74 Å². The Labute approximate surface area is 128 Å².